The van der Waals surface area contributed by atoms with Gasteiger partial charge in [0.15, 0.2) is 0 Å². The number of amides is 1. The topological polar surface area (TPSA) is 75.4 Å². The molecule has 2 aromatic rings. The third-order valence-electron chi connectivity index (χ3n) is 4.56. The number of H-pyrrole nitrogens is 1. The van der Waals surface area contributed by atoms with Gasteiger partial charge in [-0.25, -0.2) is 0 Å². The van der Waals surface area contributed by atoms with E-state index in [1.54, 1.807) is 14.2 Å². The third-order valence-corrected chi connectivity index (χ3v) is 5.69. The summed E-state index contributed by atoms with van der Waals surface area (Å²) in [4.78, 5) is 15.4. The Balaban J connectivity index is 1.48. The molecule has 26 heavy (non-hydrogen) atoms. The predicted molar refractivity (Wildman–Crippen MR) is 106 cm³/mol. The summed E-state index contributed by atoms with van der Waals surface area (Å²) in [5.41, 5.74) is 2.13. The lowest BCUT2D eigenvalue weighted by molar-refractivity contribution is -0.121. The molecule has 2 heterocycles. The summed E-state index contributed by atoms with van der Waals surface area (Å²) in [7, 11) is 3.31. The lowest BCUT2D eigenvalue weighted by atomic mass is 10.2. The van der Waals surface area contributed by atoms with Gasteiger partial charge in [-0.2, -0.15) is 11.8 Å². The van der Waals surface area contributed by atoms with Crippen LogP contribution in [0.25, 0.3) is 10.9 Å². The van der Waals surface area contributed by atoms with Crippen LogP contribution < -0.4 is 20.1 Å². The van der Waals surface area contributed by atoms with Crippen LogP contribution in [-0.2, 0) is 11.2 Å². The molecule has 7 heteroatoms. The van der Waals surface area contributed by atoms with Crippen molar-refractivity contribution in [2.75, 3.05) is 38.8 Å². The van der Waals surface area contributed by atoms with E-state index in [1.807, 2.05) is 23.9 Å². The Kier molecular flexibility index (Phi) is 6.68. The summed E-state index contributed by atoms with van der Waals surface area (Å²) in [6.07, 6.45) is 2.33. The van der Waals surface area contributed by atoms with Crippen molar-refractivity contribution in [2.24, 2.45) is 0 Å². The average Bonchev–Trinajstić information content (AvgIpc) is 3.08. The SMILES string of the molecule is COc1cc(OC)c2cc(CCCNC(=O)CC3CSCCN3)[nH]c2c1. The molecule has 0 aliphatic carbocycles. The Labute approximate surface area is 158 Å². The summed E-state index contributed by atoms with van der Waals surface area (Å²) in [5.74, 6) is 3.86. The molecule has 0 spiro atoms. The van der Waals surface area contributed by atoms with Crippen LogP contribution in [0.5, 0.6) is 11.5 Å². The summed E-state index contributed by atoms with van der Waals surface area (Å²) >= 11 is 1.91. The molecule has 3 N–H and O–H groups in total. The Bertz CT molecular complexity index is 741. The second kappa shape index (κ2) is 9.19. The molecule has 6 nitrogen and oxygen atoms in total. The van der Waals surface area contributed by atoms with Gasteiger partial charge in [0.1, 0.15) is 11.5 Å². The number of methoxy groups -OCH3 is 2. The lowest BCUT2D eigenvalue weighted by Gasteiger charge is -2.22. The Morgan fingerprint density at radius 3 is 2.92 bits per heavy atom. The van der Waals surface area contributed by atoms with Crippen molar-refractivity contribution in [1.82, 2.24) is 15.6 Å². The van der Waals surface area contributed by atoms with E-state index in [2.05, 4.69) is 21.7 Å². The fourth-order valence-corrected chi connectivity index (χ4v) is 4.16. The molecule has 142 valence electrons. The predicted octanol–water partition coefficient (Wildman–Crippen LogP) is 2.33. The van der Waals surface area contributed by atoms with Gasteiger partial charge in [-0.15, -0.1) is 0 Å². The number of carbonyl (C=O) groups is 1. The first-order valence-electron chi connectivity index (χ1n) is 9.01. The molecule has 1 unspecified atom stereocenters. The fraction of sp³-hybridized carbons (Fsp3) is 0.526. The molecule has 0 radical (unpaired) electrons. The molecule has 0 bridgehead atoms. The number of nitrogens with one attached hydrogen (secondary N) is 3. The minimum atomic E-state index is 0.132. The van der Waals surface area contributed by atoms with E-state index in [1.165, 1.54) is 0 Å². The van der Waals surface area contributed by atoms with Crippen molar-refractivity contribution < 1.29 is 14.3 Å². The van der Waals surface area contributed by atoms with Gasteiger partial charge in [-0.05, 0) is 18.9 Å². The normalized spacial score (nSPS) is 17.2. The number of hydrogen-bond donors (Lipinski definition) is 3. The Morgan fingerprint density at radius 2 is 2.19 bits per heavy atom. The summed E-state index contributed by atoms with van der Waals surface area (Å²) in [6, 6.07) is 6.28. The van der Waals surface area contributed by atoms with E-state index in [4.69, 9.17) is 9.47 Å². The number of aromatic amines is 1. The third kappa shape index (κ3) is 4.86. The van der Waals surface area contributed by atoms with Gasteiger partial charge in [0.25, 0.3) is 0 Å². The van der Waals surface area contributed by atoms with Crippen LogP contribution >= 0.6 is 11.8 Å². The number of benzene rings is 1. The van der Waals surface area contributed by atoms with Crippen molar-refractivity contribution in [3.05, 3.63) is 23.9 Å². The molecule has 1 aliphatic rings. The summed E-state index contributed by atoms with van der Waals surface area (Å²) in [6.45, 7) is 1.69. The second-order valence-corrected chi connectivity index (χ2v) is 7.62. The zero-order valence-corrected chi connectivity index (χ0v) is 16.2. The van der Waals surface area contributed by atoms with Gasteiger partial charge in [0.2, 0.25) is 5.91 Å². The van der Waals surface area contributed by atoms with E-state index in [0.29, 0.717) is 19.0 Å². The Hall–Kier alpha value is -1.86. The van der Waals surface area contributed by atoms with Gasteiger partial charge in [0.05, 0.1) is 19.7 Å². The number of rotatable bonds is 8. The number of aromatic nitrogens is 1. The number of ether oxygens (including phenoxy) is 2. The minimum Gasteiger partial charge on any atom is -0.497 e. The van der Waals surface area contributed by atoms with Crippen molar-refractivity contribution >= 4 is 28.6 Å². The van der Waals surface area contributed by atoms with Gasteiger partial charge < -0.3 is 25.1 Å². The van der Waals surface area contributed by atoms with Gasteiger partial charge in [0, 0.05) is 60.3 Å². The minimum absolute atomic E-state index is 0.132. The van der Waals surface area contributed by atoms with Gasteiger partial charge >= 0.3 is 0 Å². The summed E-state index contributed by atoms with van der Waals surface area (Å²) < 4.78 is 10.8. The smallest absolute Gasteiger partial charge is 0.221 e. The highest BCUT2D eigenvalue weighted by Crippen LogP contribution is 2.31. The highest BCUT2D eigenvalue weighted by Gasteiger charge is 2.16. The monoisotopic (exact) mass is 377 g/mol. The molecule has 1 amide bonds. The van der Waals surface area contributed by atoms with Gasteiger partial charge in [-0.3, -0.25) is 4.79 Å². The van der Waals surface area contributed by atoms with Crippen LogP contribution in [0, 0.1) is 0 Å². The molecule has 1 atom stereocenters. The van der Waals surface area contributed by atoms with Gasteiger partial charge in [-0.1, -0.05) is 0 Å². The molecule has 1 aromatic heterocycles. The zero-order valence-electron chi connectivity index (χ0n) is 15.4. The lowest BCUT2D eigenvalue weighted by Crippen LogP contribution is -2.41. The number of hydrogen-bond acceptors (Lipinski definition) is 5. The maximum atomic E-state index is 12.0. The van der Waals surface area contributed by atoms with E-state index >= 15 is 0 Å². The maximum absolute atomic E-state index is 12.0. The largest absolute Gasteiger partial charge is 0.497 e. The first-order valence-corrected chi connectivity index (χ1v) is 10.2. The van der Waals surface area contributed by atoms with Crippen LogP contribution in [0.4, 0.5) is 0 Å². The molecular weight excluding hydrogens is 350 g/mol. The van der Waals surface area contributed by atoms with Crippen LogP contribution in [0.3, 0.4) is 0 Å². The van der Waals surface area contributed by atoms with Crippen LogP contribution in [0.1, 0.15) is 18.5 Å². The molecule has 0 saturated carbocycles. The van der Waals surface area contributed by atoms with Crippen LogP contribution in [0.2, 0.25) is 0 Å². The number of aryl methyl sites for hydroxylation is 1. The van der Waals surface area contributed by atoms with Crippen molar-refractivity contribution in [3.63, 3.8) is 0 Å². The molecular formula is C19H27N3O3S. The molecule has 3 rings (SSSR count). The first kappa shape index (κ1) is 18.9. The van der Waals surface area contributed by atoms with Crippen molar-refractivity contribution in [3.8, 4) is 11.5 Å². The number of thioether (sulfide) groups is 1. The number of fused-ring (bicyclic) bond motifs is 1. The average molecular weight is 378 g/mol. The van der Waals surface area contributed by atoms with E-state index in [-0.39, 0.29) is 5.91 Å². The molecule has 1 aliphatic heterocycles. The summed E-state index contributed by atoms with van der Waals surface area (Å²) in [5, 5.41) is 7.47. The van der Waals surface area contributed by atoms with Crippen molar-refractivity contribution in [2.45, 2.75) is 25.3 Å². The first-order chi connectivity index (χ1) is 12.7. The van der Waals surface area contributed by atoms with E-state index < -0.39 is 0 Å². The molecule has 1 saturated heterocycles. The highest BCUT2D eigenvalue weighted by atomic mass is 32.2. The second-order valence-electron chi connectivity index (χ2n) is 6.47. The zero-order chi connectivity index (χ0) is 18.4. The standard InChI is InChI=1S/C19H27N3O3S/c1-24-15-10-17-16(18(11-15)25-2)8-13(22-17)4-3-5-21-19(23)9-14-12-26-7-6-20-14/h8,10-11,14,20,22H,3-7,9,12H2,1-2H3,(H,21,23). The fourth-order valence-electron chi connectivity index (χ4n) is 3.21. The van der Waals surface area contributed by atoms with Crippen LogP contribution in [0.15, 0.2) is 18.2 Å². The van der Waals surface area contributed by atoms with Crippen molar-refractivity contribution in [1.29, 1.82) is 0 Å². The van der Waals surface area contributed by atoms with E-state index in [0.717, 1.165) is 59.0 Å². The Morgan fingerprint density at radius 1 is 1.31 bits per heavy atom. The molecule has 1 fully saturated rings. The number of carbonyl (C=O) groups excluding carboxylic acids is 1. The quantitative estimate of drug-likeness (QED) is 0.616. The van der Waals surface area contributed by atoms with Crippen LogP contribution in [-0.4, -0.2) is 55.7 Å². The maximum Gasteiger partial charge on any atom is 0.221 e. The van der Waals surface area contributed by atoms with E-state index in [9.17, 15) is 4.79 Å². The molecule has 1 aromatic carbocycles. The highest BCUT2D eigenvalue weighted by molar-refractivity contribution is 7.99.